The molecule has 1 amide bonds. The fourth-order valence-corrected chi connectivity index (χ4v) is 5.57. The third-order valence-electron chi connectivity index (χ3n) is 5.64. The molecule has 3 heterocycles. The van der Waals surface area contributed by atoms with E-state index in [1.54, 1.807) is 27.6 Å². The molecule has 3 aromatic rings. The van der Waals surface area contributed by atoms with Gasteiger partial charge in [0.05, 0.1) is 0 Å². The summed E-state index contributed by atoms with van der Waals surface area (Å²) in [5, 5.41) is 4.76. The Morgan fingerprint density at radius 1 is 0.875 bits per heavy atom. The van der Waals surface area contributed by atoms with Crippen molar-refractivity contribution in [2.24, 2.45) is 0 Å². The van der Waals surface area contributed by atoms with Crippen LogP contribution in [0.1, 0.15) is 20.9 Å². The Labute approximate surface area is 201 Å². The number of amides is 1. The van der Waals surface area contributed by atoms with Crippen molar-refractivity contribution in [3.8, 4) is 0 Å². The first-order valence-electron chi connectivity index (χ1n) is 10.6. The molecule has 2 aliphatic rings. The van der Waals surface area contributed by atoms with Crippen molar-refractivity contribution in [1.29, 1.82) is 0 Å². The minimum Gasteiger partial charge on any atom is -0.313 e. The number of rotatable bonds is 8. The summed E-state index contributed by atoms with van der Waals surface area (Å²) in [5.74, 6) is -0.00792. The number of carbonyl (C=O) groups is 1. The number of nitrogens with zero attached hydrogens (tertiary/aromatic N) is 2. The van der Waals surface area contributed by atoms with Gasteiger partial charge in [0.25, 0.3) is 5.91 Å². The summed E-state index contributed by atoms with van der Waals surface area (Å²) in [6, 6.07) is 16.7. The Kier molecular flexibility index (Phi) is 6.17. The second kappa shape index (κ2) is 9.36. The van der Waals surface area contributed by atoms with Gasteiger partial charge < -0.3 is 4.90 Å². The first kappa shape index (κ1) is 21.1. The van der Waals surface area contributed by atoms with Gasteiger partial charge in [-0.05, 0) is 70.7 Å². The molecule has 32 heavy (non-hydrogen) atoms. The lowest BCUT2D eigenvalue weighted by atomic mass is 9.98. The van der Waals surface area contributed by atoms with E-state index in [2.05, 4.69) is 65.4 Å². The van der Waals surface area contributed by atoms with Gasteiger partial charge >= 0.3 is 0 Å². The number of thiophene rings is 2. The standard InChI is InChI=1S/C26H22N2OS3/c29-25-24(18-19-8-10-21(11-9-19)20-4-1-5-20)27(14-12-22-6-2-16-31-22)26(30)28(25)15-13-23-7-3-17-32-23/h1-11,16-18H,12-15H2/b24-18+. The summed E-state index contributed by atoms with van der Waals surface area (Å²) in [6.07, 6.45) is 9.89. The SMILES string of the molecule is O=C1/C(=C\c2ccc(C3=CC=C3)cc2)N(CCc2cccs2)C(=S)N1CCc1cccs1. The highest BCUT2D eigenvalue weighted by molar-refractivity contribution is 7.80. The quantitative estimate of drug-likeness (QED) is 0.295. The molecule has 0 saturated carbocycles. The van der Waals surface area contributed by atoms with E-state index in [1.807, 2.05) is 23.1 Å². The minimum atomic E-state index is -0.00792. The second-order valence-electron chi connectivity index (χ2n) is 7.68. The van der Waals surface area contributed by atoms with Gasteiger partial charge in [0, 0.05) is 22.8 Å². The molecule has 1 aliphatic carbocycles. The van der Waals surface area contributed by atoms with Crippen LogP contribution >= 0.6 is 34.9 Å². The van der Waals surface area contributed by atoms with Crippen LogP contribution in [0.5, 0.6) is 0 Å². The third-order valence-corrected chi connectivity index (χ3v) is 7.95. The predicted octanol–water partition coefficient (Wildman–Crippen LogP) is 6.02. The molecule has 2 aromatic heterocycles. The van der Waals surface area contributed by atoms with Gasteiger partial charge in [-0.15, -0.1) is 22.7 Å². The lowest BCUT2D eigenvalue weighted by Crippen LogP contribution is -2.34. The van der Waals surface area contributed by atoms with Crippen LogP contribution in [0.3, 0.4) is 0 Å². The highest BCUT2D eigenvalue weighted by atomic mass is 32.1. The number of allylic oxidation sites excluding steroid dienone is 4. The van der Waals surface area contributed by atoms with Gasteiger partial charge in [-0.1, -0.05) is 54.6 Å². The Balaban J connectivity index is 1.38. The van der Waals surface area contributed by atoms with E-state index in [0.717, 1.165) is 18.4 Å². The normalized spacial score (nSPS) is 16.8. The van der Waals surface area contributed by atoms with Gasteiger partial charge in [0.15, 0.2) is 5.11 Å². The van der Waals surface area contributed by atoms with Gasteiger partial charge in [-0.2, -0.15) is 0 Å². The van der Waals surface area contributed by atoms with Crippen LogP contribution in [0.25, 0.3) is 11.6 Å². The average Bonchev–Trinajstić information content (AvgIpc) is 3.50. The Hall–Kier alpha value is -2.80. The fraction of sp³-hybridized carbons (Fsp3) is 0.154. The van der Waals surface area contributed by atoms with Crippen LogP contribution in [-0.2, 0) is 17.6 Å². The van der Waals surface area contributed by atoms with Crippen molar-refractivity contribution < 1.29 is 4.79 Å². The largest absolute Gasteiger partial charge is 0.313 e. The molecule has 1 saturated heterocycles. The first-order valence-corrected chi connectivity index (χ1v) is 12.7. The summed E-state index contributed by atoms with van der Waals surface area (Å²) in [5.41, 5.74) is 4.09. The van der Waals surface area contributed by atoms with Crippen molar-refractivity contribution in [2.75, 3.05) is 13.1 Å². The molecule has 1 aliphatic heterocycles. The maximum atomic E-state index is 13.4. The van der Waals surface area contributed by atoms with E-state index < -0.39 is 0 Å². The number of benzene rings is 1. The summed E-state index contributed by atoms with van der Waals surface area (Å²) in [4.78, 5) is 19.7. The maximum absolute atomic E-state index is 13.4. The predicted molar refractivity (Wildman–Crippen MR) is 139 cm³/mol. The molecule has 6 heteroatoms. The van der Waals surface area contributed by atoms with Crippen molar-refractivity contribution in [1.82, 2.24) is 9.80 Å². The topological polar surface area (TPSA) is 23.6 Å². The first-order chi connectivity index (χ1) is 15.7. The highest BCUT2D eigenvalue weighted by Gasteiger charge is 2.37. The van der Waals surface area contributed by atoms with Crippen LogP contribution < -0.4 is 0 Å². The zero-order chi connectivity index (χ0) is 21.9. The molecule has 0 unspecified atom stereocenters. The van der Waals surface area contributed by atoms with Crippen LogP contribution in [-0.4, -0.2) is 33.9 Å². The Morgan fingerprint density at radius 2 is 1.50 bits per heavy atom. The summed E-state index contributed by atoms with van der Waals surface area (Å²) < 4.78 is 0. The lowest BCUT2D eigenvalue weighted by Gasteiger charge is -2.20. The monoisotopic (exact) mass is 474 g/mol. The van der Waals surface area contributed by atoms with E-state index in [4.69, 9.17) is 12.2 Å². The van der Waals surface area contributed by atoms with Gasteiger partial charge in [0.1, 0.15) is 5.70 Å². The van der Waals surface area contributed by atoms with Crippen LogP contribution in [0.15, 0.2) is 83.2 Å². The van der Waals surface area contributed by atoms with Crippen LogP contribution in [0, 0.1) is 0 Å². The van der Waals surface area contributed by atoms with Gasteiger partial charge in [-0.3, -0.25) is 9.69 Å². The lowest BCUT2D eigenvalue weighted by molar-refractivity contribution is -0.122. The van der Waals surface area contributed by atoms with E-state index in [1.165, 1.54) is 20.9 Å². The van der Waals surface area contributed by atoms with E-state index in [9.17, 15) is 4.79 Å². The molecule has 1 fully saturated rings. The average molecular weight is 475 g/mol. The summed E-state index contributed by atoms with van der Waals surface area (Å²) >= 11 is 9.23. The highest BCUT2D eigenvalue weighted by Crippen LogP contribution is 2.27. The Bertz CT molecular complexity index is 1200. The molecule has 1 aromatic carbocycles. The van der Waals surface area contributed by atoms with Crippen LogP contribution in [0.2, 0.25) is 0 Å². The van der Waals surface area contributed by atoms with Crippen molar-refractivity contribution in [3.05, 3.63) is 104 Å². The summed E-state index contributed by atoms with van der Waals surface area (Å²) in [6.45, 7) is 1.30. The van der Waals surface area contributed by atoms with Crippen molar-refractivity contribution >= 4 is 57.6 Å². The second-order valence-corrected chi connectivity index (χ2v) is 10.1. The Morgan fingerprint density at radius 3 is 2.03 bits per heavy atom. The fourth-order valence-electron chi connectivity index (χ4n) is 3.81. The number of hydrogen-bond donors (Lipinski definition) is 0. The molecule has 0 radical (unpaired) electrons. The van der Waals surface area contributed by atoms with Crippen molar-refractivity contribution in [3.63, 3.8) is 0 Å². The molecule has 160 valence electrons. The molecule has 0 bridgehead atoms. The zero-order valence-corrected chi connectivity index (χ0v) is 19.9. The van der Waals surface area contributed by atoms with E-state index in [0.29, 0.717) is 23.9 Å². The molecular formula is C26H22N2OS3. The van der Waals surface area contributed by atoms with Crippen molar-refractivity contribution in [2.45, 2.75) is 12.8 Å². The molecule has 0 N–H and O–H groups in total. The van der Waals surface area contributed by atoms with Gasteiger partial charge in [-0.25, -0.2) is 0 Å². The maximum Gasteiger partial charge on any atom is 0.276 e. The molecule has 3 nitrogen and oxygen atoms in total. The van der Waals surface area contributed by atoms with E-state index in [-0.39, 0.29) is 5.91 Å². The third kappa shape index (κ3) is 4.39. The zero-order valence-electron chi connectivity index (χ0n) is 17.4. The minimum absolute atomic E-state index is 0.00792. The van der Waals surface area contributed by atoms with E-state index >= 15 is 0 Å². The molecule has 5 rings (SSSR count). The molecule has 0 atom stereocenters. The number of carbonyl (C=O) groups excluding carboxylic acids is 1. The van der Waals surface area contributed by atoms with Gasteiger partial charge in [0.2, 0.25) is 0 Å². The molecular weight excluding hydrogens is 453 g/mol. The smallest absolute Gasteiger partial charge is 0.276 e. The number of hydrogen-bond acceptors (Lipinski definition) is 4. The number of thiocarbonyl (C=S) groups is 1. The molecule has 0 spiro atoms. The van der Waals surface area contributed by atoms with Crippen LogP contribution in [0.4, 0.5) is 0 Å². The summed E-state index contributed by atoms with van der Waals surface area (Å²) in [7, 11) is 0.